The predicted molar refractivity (Wildman–Crippen MR) is 64.9 cm³/mol. The highest BCUT2D eigenvalue weighted by Crippen LogP contribution is 2.34. The summed E-state index contributed by atoms with van der Waals surface area (Å²) in [4.78, 5) is 0. The average Bonchev–Trinajstić information content (AvgIpc) is 2.72. The van der Waals surface area contributed by atoms with E-state index in [1.54, 1.807) is 0 Å². The minimum Gasteiger partial charge on any atom is -0.489 e. The molecule has 1 heterocycles. The molecule has 1 aromatic carbocycles. The fourth-order valence-electron chi connectivity index (χ4n) is 2.05. The lowest BCUT2D eigenvalue weighted by atomic mass is 10.2. The van der Waals surface area contributed by atoms with Crippen molar-refractivity contribution in [3.8, 4) is 5.75 Å². The molecular formula is C13H16F3NO2. The van der Waals surface area contributed by atoms with E-state index in [0.717, 1.165) is 25.0 Å². The van der Waals surface area contributed by atoms with Gasteiger partial charge in [-0.1, -0.05) is 0 Å². The summed E-state index contributed by atoms with van der Waals surface area (Å²) in [6, 6.07) is 3.09. The molecule has 3 nitrogen and oxygen atoms in total. The maximum Gasteiger partial charge on any atom is 0.416 e. The highest BCUT2D eigenvalue weighted by Gasteiger charge is 2.31. The van der Waals surface area contributed by atoms with Gasteiger partial charge in [0.15, 0.2) is 0 Å². The Labute approximate surface area is 109 Å². The van der Waals surface area contributed by atoms with Crippen LogP contribution in [0.1, 0.15) is 25.3 Å². The first-order valence-electron chi connectivity index (χ1n) is 6.11. The van der Waals surface area contributed by atoms with Crippen LogP contribution in [0.3, 0.4) is 0 Å². The molecule has 0 aromatic heterocycles. The molecule has 2 unspecified atom stereocenters. The van der Waals surface area contributed by atoms with Crippen LogP contribution in [0.4, 0.5) is 18.9 Å². The van der Waals surface area contributed by atoms with Crippen LogP contribution in [-0.4, -0.2) is 18.8 Å². The third kappa shape index (κ3) is 3.53. The molecule has 1 aliphatic heterocycles. The van der Waals surface area contributed by atoms with Crippen molar-refractivity contribution in [2.45, 2.75) is 38.1 Å². The SMILES string of the molecule is CC1CCC(COc2ccc(C(F)(F)F)cc2N)O1. The zero-order valence-corrected chi connectivity index (χ0v) is 10.5. The lowest BCUT2D eigenvalue weighted by Gasteiger charge is -2.15. The molecule has 2 rings (SSSR count). The molecule has 0 aliphatic carbocycles. The first kappa shape index (κ1) is 14.0. The van der Waals surface area contributed by atoms with Gasteiger partial charge in [-0.25, -0.2) is 0 Å². The van der Waals surface area contributed by atoms with Crippen LogP contribution in [0.25, 0.3) is 0 Å². The van der Waals surface area contributed by atoms with E-state index in [-0.39, 0.29) is 23.6 Å². The smallest absolute Gasteiger partial charge is 0.416 e. The second-order valence-electron chi connectivity index (χ2n) is 4.71. The van der Waals surface area contributed by atoms with Crippen LogP contribution < -0.4 is 10.5 Å². The second-order valence-corrected chi connectivity index (χ2v) is 4.71. The number of alkyl halides is 3. The summed E-state index contributed by atoms with van der Waals surface area (Å²) in [7, 11) is 0. The summed E-state index contributed by atoms with van der Waals surface area (Å²) >= 11 is 0. The van der Waals surface area contributed by atoms with Gasteiger partial charge in [-0.3, -0.25) is 0 Å². The average molecular weight is 275 g/mol. The zero-order chi connectivity index (χ0) is 14.0. The third-order valence-electron chi connectivity index (χ3n) is 3.08. The fourth-order valence-corrected chi connectivity index (χ4v) is 2.05. The Balaban J connectivity index is 1.98. The summed E-state index contributed by atoms with van der Waals surface area (Å²) in [6.07, 6.45) is -2.34. The van der Waals surface area contributed by atoms with E-state index >= 15 is 0 Å². The van der Waals surface area contributed by atoms with Crippen LogP contribution in [0.15, 0.2) is 18.2 Å². The Hall–Kier alpha value is -1.43. The van der Waals surface area contributed by atoms with Gasteiger partial charge in [0.2, 0.25) is 0 Å². The second kappa shape index (κ2) is 5.28. The highest BCUT2D eigenvalue weighted by atomic mass is 19.4. The van der Waals surface area contributed by atoms with Crippen LogP contribution in [0.2, 0.25) is 0 Å². The molecule has 1 fully saturated rings. The van der Waals surface area contributed by atoms with E-state index in [2.05, 4.69) is 0 Å². The molecule has 0 bridgehead atoms. The minimum absolute atomic E-state index is 0.0131. The number of rotatable bonds is 3. The number of nitrogens with two attached hydrogens (primary N) is 1. The third-order valence-corrected chi connectivity index (χ3v) is 3.08. The molecule has 0 saturated carbocycles. The van der Waals surface area contributed by atoms with Crippen molar-refractivity contribution in [2.24, 2.45) is 0 Å². The molecule has 2 atom stereocenters. The van der Waals surface area contributed by atoms with Crippen molar-refractivity contribution in [3.63, 3.8) is 0 Å². The number of hydrogen-bond acceptors (Lipinski definition) is 3. The summed E-state index contributed by atoms with van der Waals surface area (Å²) in [5.74, 6) is 0.260. The van der Waals surface area contributed by atoms with Crippen molar-refractivity contribution in [1.82, 2.24) is 0 Å². The van der Waals surface area contributed by atoms with Crippen LogP contribution >= 0.6 is 0 Å². The number of ether oxygens (including phenoxy) is 2. The monoisotopic (exact) mass is 275 g/mol. The maximum absolute atomic E-state index is 12.5. The van der Waals surface area contributed by atoms with E-state index in [0.29, 0.717) is 6.61 Å². The lowest BCUT2D eigenvalue weighted by molar-refractivity contribution is -0.137. The number of hydrogen-bond donors (Lipinski definition) is 1. The Bertz CT molecular complexity index is 448. The van der Waals surface area contributed by atoms with Crippen molar-refractivity contribution in [2.75, 3.05) is 12.3 Å². The van der Waals surface area contributed by atoms with E-state index in [1.165, 1.54) is 6.07 Å². The Morgan fingerprint density at radius 3 is 2.63 bits per heavy atom. The van der Waals surface area contributed by atoms with Gasteiger partial charge in [-0.2, -0.15) is 13.2 Å². The molecule has 0 spiro atoms. The van der Waals surface area contributed by atoms with Gasteiger partial charge >= 0.3 is 6.18 Å². The lowest BCUT2D eigenvalue weighted by Crippen LogP contribution is -2.18. The molecule has 106 valence electrons. The van der Waals surface area contributed by atoms with E-state index < -0.39 is 11.7 Å². The van der Waals surface area contributed by atoms with Gasteiger partial charge in [-0.15, -0.1) is 0 Å². The van der Waals surface area contributed by atoms with E-state index in [1.807, 2.05) is 6.92 Å². The quantitative estimate of drug-likeness (QED) is 0.861. The highest BCUT2D eigenvalue weighted by molar-refractivity contribution is 5.54. The molecular weight excluding hydrogens is 259 g/mol. The Morgan fingerprint density at radius 2 is 2.11 bits per heavy atom. The molecule has 1 aliphatic rings. The van der Waals surface area contributed by atoms with Gasteiger partial charge in [0.1, 0.15) is 12.4 Å². The van der Waals surface area contributed by atoms with Crippen molar-refractivity contribution in [3.05, 3.63) is 23.8 Å². The molecule has 19 heavy (non-hydrogen) atoms. The summed E-state index contributed by atoms with van der Waals surface area (Å²) in [5, 5.41) is 0. The molecule has 0 amide bonds. The predicted octanol–water partition coefficient (Wildman–Crippen LogP) is 3.23. The number of anilines is 1. The zero-order valence-electron chi connectivity index (χ0n) is 10.5. The van der Waals surface area contributed by atoms with E-state index in [9.17, 15) is 13.2 Å². The summed E-state index contributed by atoms with van der Waals surface area (Å²) < 4.78 is 48.3. The van der Waals surface area contributed by atoms with Crippen molar-refractivity contribution >= 4 is 5.69 Å². The van der Waals surface area contributed by atoms with Gasteiger partial charge in [0.25, 0.3) is 0 Å². The van der Waals surface area contributed by atoms with E-state index in [4.69, 9.17) is 15.2 Å². The summed E-state index contributed by atoms with van der Waals surface area (Å²) in [5.41, 5.74) is 4.78. The van der Waals surface area contributed by atoms with Crippen LogP contribution in [0, 0.1) is 0 Å². The molecule has 1 aromatic rings. The normalized spacial score (nSPS) is 23.6. The topological polar surface area (TPSA) is 44.5 Å². The first-order chi connectivity index (χ1) is 8.86. The summed E-state index contributed by atoms with van der Waals surface area (Å²) in [6.45, 7) is 2.28. The molecule has 6 heteroatoms. The van der Waals surface area contributed by atoms with Crippen molar-refractivity contribution < 1.29 is 22.6 Å². The fraction of sp³-hybridized carbons (Fsp3) is 0.538. The Kier molecular flexibility index (Phi) is 3.89. The number of nitrogen functional groups attached to an aromatic ring is 1. The largest absolute Gasteiger partial charge is 0.489 e. The maximum atomic E-state index is 12.5. The molecule has 0 radical (unpaired) electrons. The van der Waals surface area contributed by atoms with Gasteiger partial charge in [-0.05, 0) is 38.0 Å². The van der Waals surface area contributed by atoms with Crippen LogP contribution in [-0.2, 0) is 10.9 Å². The standard InChI is InChI=1S/C13H16F3NO2/c1-8-2-4-10(19-8)7-18-12-5-3-9(6-11(12)17)13(14,15)16/h3,5-6,8,10H,2,4,7,17H2,1H3. The number of benzene rings is 1. The minimum atomic E-state index is -4.39. The van der Waals surface area contributed by atoms with Gasteiger partial charge < -0.3 is 15.2 Å². The van der Waals surface area contributed by atoms with Gasteiger partial charge in [0, 0.05) is 0 Å². The molecule has 1 saturated heterocycles. The van der Waals surface area contributed by atoms with Crippen molar-refractivity contribution in [1.29, 1.82) is 0 Å². The van der Waals surface area contributed by atoms with Crippen LogP contribution in [0.5, 0.6) is 5.75 Å². The molecule has 2 N–H and O–H groups in total. The number of halogens is 3. The Morgan fingerprint density at radius 1 is 1.37 bits per heavy atom. The first-order valence-corrected chi connectivity index (χ1v) is 6.11. The van der Waals surface area contributed by atoms with Gasteiger partial charge in [0.05, 0.1) is 23.5 Å².